The zero-order valence-electron chi connectivity index (χ0n) is 8.33. The summed E-state index contributed by atoms with van der Waals surface area (Å²) in [6, 6.07) is 0. The van der Waals surface area contributed by atoms with E-state index in [4.69, 9.17) is 6.42 Å². The van der Waals surface area contributed by atoms with E-state index >= 15 is 0 Å². The molecule has 5 nitrogen and oxygen atoms in total. The van der Waals surface area contributed by atoms with Gasteiger partial charge in [-0.25, -0.2) is 15.0 Å². The fourth-order valence-corrected chi connectivity index (χ4v) is 1.95. The van der Waals surface area contributed by atoms with Crippen LogP contribution in [0.25, 0.3) is 11.2 Å². The Labute approximate surface area is 94.8 Å². The second kappa shape index (κ2) is 4.77. The summed E-state index contributed by atoms with van der Waals surface area (Å²) in [5.41, 5.74) is 1.03. The third kappa shape index (κ3) is 2.20. The minimum atomic E-state index is -1.27. The number of nitrogens with zero attached hydrogens (tertiary/aromatic N) is 4. The van der Waals surface area contributed by atoms with Gasteiger partial charge in [0.25, 0.3) is 0 Å². The molecule has 16 heavy (non-hydrogen) atoms. The van der Waals surface area contributed by atoms with Gasteiger partial charge >= 0.3 is 0 Å². The van der Waals surface area contributed by atoms with Gasteiger partial charge in [0.1, 0.15) is 5.52 Å². The molecule has 6 heteroatoms. The van der Waals surface area contributed by atoms with Gasteiger partial charge in [0.05, 0.1) is 17.0 Å². The molecular weight excluding hydrogens is 224 g/mol. The number of rotatable bonds is 3. The predicted molar refractivity (Wildman–Crippen MR) is 59.9 cm³/mol. The summed E-state index contributed by atoms with van der Waals surface area (Å²) < 4.78 is 11.7. The number of fused-ring (bicyclic) bond motifs is 1. The smallest absolute Gasteiger partial charge is 0.220 e. The quantitative estimate of drug-likeness (QED) is 0.571. The average Bonchev–Trinajstić information content (AvgIpc) is 2.35. The molecule has 2 aromatic heterocycles. The van der Waals surface area contributed by atoms with Crippen LogP contribution in [0.5, 0.6) is 0 Å². The van der Waals surface area contributed by atoms with E-state index in [0.29, 0.717) is 23.3 Å². The SMILES string of the molecule is C#CCCS(=O)c1ncc2nccnc2n1. The first kappa shape index (κ1) is 10.6. The van der Waals surface area contributed by atoms with Gasteiger partial charge in [0.15, 0.2) is 5.65 Å². The molecule has 0 aromatic carbocycles. The van der Waals surface area contributed by atoms with Crippen LogP contribution in [0.4, 0.5) is 0 Å². The van der Waals surface area contributed by atoms with Gasteiger partial charge < -0.3 is 0 Å². The van der Waals surface area contributed by atoms with Crippen LogP contribution in [-0.2, 0) is 10.8 Å². The van der Waals surface area contributed by atoms with E-state index in [9.17, 15) is 4.21 Å². The third-order valence-electron chi connectivity index (χ3n) is 1.84. The molecule has 0 bridgehead atoms. The molecule has 1 unspecified atom stereocenters. The minimum Gasteiger partial charge on any atom is -0.251 e. The lowest BCUT2D eigenvalue weighted by molar-refractivity contribution is 0.676. The van der Waals surface area contributed by atoms with E-state index in [0.717, 1.165) is 0 Å². The van der Waals surface area contributed by atoms with Crippen molar-refractivity contribution in [2.75, 3.05) is 5.75 Å². The minimum absolute atomic E-state index is 0.253. The molecule has 0 N–H and O–H groups in total. The molecule has 2 rings (SSSR count). The lowest BCUT2D eigenvalue weighted by atomic mass is 10.5. The maximum absolute atomic E-state index is 11.7. The summed E-state index contributed by atoms with van der Waals surface area (Å²) in [6.07, 6.45) is 10.1. The third-order valence-corrected chi connectivity index (χ3v) is 3.02. The van der Waals surface area contributed by atoms with Crippen LogP contribution >= 0.6 is 0 Å². The van der Waals surface area contributed by atoms with Crippen LogP contribution in [-0.4, -0.2) is 29.9 Å². The Balaban J connectivity index is 2.33. The van der Waals surface area contributed by atoms with E-state index in [1.165, 1.54) is 12.4 Å². The highest BCUT2D eigenvalue weighted by Crippen LogP contribution is 2.06. The van der Waals surface area contributed by atoms with E-state index in [1.54, 1.807) is 6.20 Å². The molecule has 0 aliphatic heterocycles. The number of aromatic nitrogens is 4. The largest absolute Gasteiger partial charge is 0.251 e. The predicted octanol–water partition coefficient (Wildman–Crippen LogP) is 0.551. The second-order valence-electron chi connectivity index (χ2n) is 2.92. The van der Waals surface area contributed by atoms with Crippen molar-refractivity contribution in [1.29, 1.82) is 0 Å². The van der Waals surface area contributed by atoms with Crippen molar-refractivity contribution in [2.45, 2.75) is 11.6 Å². The molecule has 0 amide bonds. The molecule has 0 spiro atoms. The summed E-state index contributed by atoms with van der Waals surface area (Å²) >= 11 is 0. The summed E-state index contributed by atoms with van der Waals surface area (Å²) in [4.78, 5) is 16.1. The van der Waals surface area contributed by atoms with Crippen molar-refractivity contribution in [2.24, 2.45) is 0 Å². The van der Waals surface area contributed by atoms with Gasteiger partial charge in [0.2, 0.25) is 5.16 Å². The van der Waals surface area contributed by atoms with E-state index in [2.05, 4.69) is 25.9 Å². The normalized spacial score (nSPS) is 12.2. The highest BCUT2D eigenvalue weighted by atomic mass is 32.2. The lowest BCUT2D eigenvalue weighted by Gasteiger charge is -1.99. The molecule has 0 saturated carbocycles. The summed E-state index contributed by atoms with van der Waals surface area (Å²) in [7, 11) is -1.27. The molecule has 0 aliphatic rings. The van der Waals surface area contributed by atoms with Gasteiger partial charge in [-0.15, -0.1) is 12.3 Å². The van der Waals surface area contributed by atoms with Crippen LogP contribution in [0, 0.1) is 12.3 Å². The Hall–Kier alpha value is -1.87. The topological polar surface area (TPSA) is 68.6 Å². The Morgan fingerprint density at radius 3 is 2.94 bits per heavy atom. The van der Waals surface area contributed by atoms with Gasteiger partial charge in [-0.2, -0.15) is 4.98 Å². The van der Waals surface area contributed by atoms with Crippen molar-refractivity contribution in [1.82, 2.24) is 19.9 Å². The van der Waals surface area contributed by atoms with Crippen molar-refractivity contribution in [3.63, 3.8) is 0 Å². The molecule has 2 heterocycles. The van der Waals surface area contributed by atoms with E-state index in [1.807, 2.05) is 0 Å². The van der Waals surface area contributed by atoms with Crippen LogP contribution < -0.4 is 0 Å². The van der Waals surface area contributed by atoms with Crippen molar-refractivity contribution < 1.29 is 4.21 Å². The Morgan fingerprint density at radius 2 is 2.12 bits per heavy atom. The van der Waals surface area contributed by atoms with Gasteiger partial charge in [0, 0.05) is 24.6 Å². The Morgan fingerprint density at radius 1 is 1.31 bits per heavy atom. The van der Waals surface area contributed by atoms with Gasteiger partial charge in [-0.1, -0.05) is 0 Å². The molecule has 80 valence electrons. The van der Waals surface area contributed by atoms with E-state index < -0.39 is 10.8 Å². The van der Waals surface area contributed by atoms with Crippen LogP contribution in [0.3, 0.4) is 0 Å². The standard InChI is InChI=1S/C10H8N4OS/c1-2-3-6-16(15)10-13-7-8-9(14-10)12-5-4-11-8/h1,4-5,7H,3,6H2. The molecular formula is C10H8N4OS. The molecule has 2 aromatic rings. The fraction of sp³-hybridized carbons (Fsp3) is 0.200. The number of terminal acetylenes is 1. The number of hydrogen-bond donors (Lipinski definition) is 0. The van der Waals surface area contributed by atoms with E-state index in [-0.39, 0.29) is 5.16 Å². The molecule has 0 aliphatic carbocycles. The maximum Gasteiger partial charge on any atom is 0.220 e. The fourth-order valence-electron chi connectivity index (χ4n) is 1.11. The van der Waals surface area contributed by atoms with Gasteiger partial charge in [-0.05, 0) is 0 Å². The Kier molecular flexibility index (Phi) is 3.17. The van der Waals surface area contributed by atoms with Crippen molar-refractivity contribution >= 4 is 22.0 Å². The second-order valence-corrected chi connectivity index (χ2v) is 4.39. The molecule has 0 radical (unpaired) electrons. The summed E-state index contributed by atoms with van der Waals surface area (Å²) in [6.45, 7) is 0. The van der Waals surface area contributed by atoms with Crippen molar-refractivity contribution in [3.05, 3.63) is 18.6 Å². The molecule has 0 fully saturated rings. The lowest BCUT2D eigenvalue weighted by Crippen LogP contribution is -2.03. The highest BCUT2D eigenvalue weighted by Gasteiger charge is 2.08. The van der Waals surface area contributed by atoms with Gasteiger partial charge in [-0.3, -0.25) is 4.21 Å². The van der Waals surface area contributed by atoms with Crippen LogP contribution in [0.2, 0.25) is 0 Å². The molecule has 0 saturated heterocycles. The zero-order valence-corrected chi connectivity index (χ0v) is 9.15. The first-order valence-electron chi connectivity index (χ1n) is 4.57. The average molecular weight is 232 g/mol. The number of hydrogen-bond acceptors (Lipinski definition) is 5. The summed E-state index contributed by atoms with van der Waals surface area (Å²) in [5, 5.41) is 0.253. The first-order valence-corrected chi connectivity index (χ1v) is 5.89. The monoisotopic (exact) mass is 232 g/mol. The maximum atomic E-state index is 11.7. The molecule has 1 atom stereocenters. The summed E-state index contributed by atoms with van der Waals surface area (Å²) in [5.74, 6) is 2.79. The van der Waals surface area contributed by atoms with Crippen molar-refractivity contribution in [3.8, 4) is 12.3 Å². The van der Waals surface area contributed by atoms with Crippen LogP contribution in [0.15, 0.2) is 23.7 Å². The Bertz CT molecular complexity index is 578. The first-order chi connectivity index (χ1) is 7.81. The highest BCUT2D eigenvalue weighted by molar-refractivity contribution is 7.84. The zero-order chi connectivity index (χ0) is 11.4. The van der Waals surface area contributed by atoms with Crippen LogP contribution in [0.1, 0.15) is 6.42 Å².